The summed E-state index contributed by atoms with van der Waals surface area (Å²) < 4.78 is 17.2. The molecule has 0 unspecified atom stereocenters. The van der Waals surface area contributed by atoms with E-state index < -0.39 is 0 Å². The number of carbonyl (C=O) groups is 1. The molecule has 0 aromatic carbocycles. The number of amides is 1. The van der Waals surface area contributed by atoms with Crippen LogP contribution in [0.2, 0.25) is 0 Å². The minimum atomic E-state index is -0.311. The van der Waals surface area contributed by atoms with Crippen LogP contribution in [0.1, 0.15) is 66.3 Å². The standard InChI is InChI=1S/C26H28FN5O/c1-26(8-3-4-9-26)15-32-24(27)20(13-29-32)18-10-16-6-5-7-21(16)30-23(18)17-11-19-22(28-12-17)14-31(2)25(19)33/h10-13H,3-9,14-15H2,1-2H3. The lowest BCUT2D eigenvalue weighted by atomic mass is 9.89. The summed E-state index contributed by atoms with van der Waals surface area (Å²) in [6.07, 6.45) is 10.9. The Morgan fingerprint density at radius 1 is 1.03 bits per heavy atom. The first-order valence-corrected chi connectivity index (χ1v) is 11.9. The summed E-state index contributed by atoms with van der Waals surface area (Å²) >= 11 is 0. The zero-order valence-corrected chi connectivity index (χ0v) is 19.2. The summed E-state index contributed by atoms with van der Waals surface area (Å²) in [5.41, 5.74) is 6.34. The second kappa shape index (κ2) is 7.47. The number of fused-ring (bicyclic) bond motifs is 2. The first kappa shape index (κ1) is 20.5. The van der Waals surface area contributed by atoms with Crippen molar-refractivity contribution in [3.63, 3.8) is 0 Å². The number of halogens is 1. The second-order valence-corrected chi connectivity index (χ2v) is 10.2. The fourth-order valence-corrected chi connectivity index (χ4v) is 5.74. The van der Waals surface area contributed by atoms with E-state index in [-0.39, 0.29) is 17.3 Å². The Balaban J connectivity index is 1.46. The first-order valence-electron chi connectivity index (χ1n) is 11.9. The maximum atomic E-state index is 15.7. The van der Waals surface area contributed by atoms with Gasteiger partial charge in [-0.1, -0.05) is 19.8 Å². The molecule has 3 aromatic rings. The SMILES string of the molecule is CN1Cc2ncc(-c3nc4c(cc3-c3cnn(CC5(C)CCCC5)c3F)CCC4)cc2C1=O. The van der Waals surface area contributed by atoms with Crippen LogP contribution < -0.4 is 0 Å². The minimum absolute atomic E-state index is 0.0362. The van der Waals surface area contributed by atoms with Gasteiger partial charge in [0.25, 0.3) is 5.91 Å². The van der Waals surface area contributed by atoms with Gasteiger partial charge in [0.05, 0.1) is 35.3 Å². The summed E-state index contributed by atoms with van der Waals surface area (Å²) in [6.45, 7) is 3.33. The number of aromatic nitrogens is 4. The second-order valence-electron chi connectivity index (χ2n) is 10.2. The van der Waals surface area contributed by atoms with Gasteiger partial charge < -0.3 is 4.90 Å². The molecule has 3 aliphatic rings. The molecule has 7 heteroatoms. The Morgan fingerprint density at radius 2 is 1.85 bits per heavy atom. The number of carbonyl (C=O) groups excluding carboxylic acids is 1. The lowest BCUT2D eigenvalue weighted by Gasteiger charge is -2.23. The largest absolute Gasteiger partial charge is 0.336 e. The molecule has 1 amide bonds. The molecule has 6 nitrogen and oxygen atoms in total. The summed E-state index contributed by atoms with van der Waals surface area (Å²) in [6, 6.07) is 3.94. The Labute approximate surface area is 192 Å². The summed E-state index contributed by atoms with van der Waals surface area (Å²) in [7, 11) is 1.78. The molecular weight excluding hydrogens is 417 g/mol. The van der Waals surface area contributed by atoms with Crippen molar-refractivity contribution >= 4 is 5.91 Å². The smallest absolute Gasteiger partial charge is 0.255 e. The van der Waals surface area contributed by atoms with Gasteiger partial charge in [0.2, 0.25) is 5.95 Å². The van der Waals surface area contributed by atoms with Crippen LogP contribution in [0.4, 0.5) is 4.39 Å². The van der Waals surface area contributed by atoms with Gasteiger partial charge in [-0.3, -0.25) is 14.8 Å². The van der Waals surface area contributed by atoms with E-state index >= 15 is 4.39 Å². The maximum Gasteiger partial charge on any atom is 0.255 e. The summed E-state index contributed by atoms with van der Waals surface area (Å²) in [5.74, 6) is -0.347. The molecule has 3 aromatic heterocycles. The average molecular weight is 446 g/mol. The fraction of sp³-hybridized carbons (Fsp3) is 0.462. The number of hydrogen-bond acceptors (Lipinski definition) is 4. The molecule has 6 rings (SSSR count). The van der Waals surface area contributed by atoms with Gasteiger partial charge in [-0.25, -0.2) is 4.68 Å². The van der Waals surface area contributed by atoms with Gasteiger partial charge in [-0.2, -0.15) is 9.49 Å². The zero-order chi connectivity index (χ0) is 22.7. The summed E-state index contributed by atoms with van der Waals surface area (Å²) in [4.78, 5) is 23.7. The molecule has 170 valence electrons. The van der Waals surface area contributed by atoms with Gasteiger partial charge in [0, 0.05) is 36.6 Å². The third-order valence-electron chi connectivity index (χ3n) is 7.67. The van der Waals surface area contributed by atoms with Gasteiger partial charge in [-0.05, 0) is 55.2 Å². The van der Waals surface area contributed by atoms with Crippen LogP contribution in [0.3, 0.4) is 0 Å². The van der Waals surface area contributed by atoms with Gasteiger partial charge >= 0.3 is 0 Å². The van der Waals surface area contributed by atoms with E-state index in [1.807, 2.05) is 6.07 Å². The molecule has 0 saturated heterocycles. The number of aryl methyl sites for hydroxylation is 2. The van der Waals surface area contributed by atoms with Gasteiger partial charge in [0.15, 0.2) is 0 Å². The third-order valence-corrected chi connectivity index (χ3v) is 7.67. The van der Waals surface area contributed by atoms with Crippen molar-refractivity contribution in [1.82, 2.24) is 24.6 Å². The molecule has 4 heterocycles. The van der Waals surface area contributed by atoms with E-state index in [4.69, 9.17) is 4.98 Å². The number of hydrogen-bond donors (Lipinski definition) is 0. The predicted molar refractivity (Wildman–Crippen MR) is 123 cm³/mol. The lowest BCUT2D eigenvalue weighted by Crippen LogP contribution is -2.21. The van der Waals surface area contributed by atoms with Crippen molar-refractivity contribution in [3.8, 4) is 22.4 Å². The number of nitrogens with zero attached hydrogens (tertiary/aromatic N) is 5. The predicted octanol–water partition coefficient (Wildman–Crippen LogP) is 4.80. The molecule has 1 aliphatic heterocycles. The fourth-order valence-electron chi connectivity index (χ4n) is 5.74. The van der Waals surface area contributed by atoms with Crippen LogP contribution in [-0.4, -0.2) is 37.6 Å². The van der Waals surface area contributed by atoms with E-state index in [0.29, 0.717) is 29.9 Å². The van der Waals surface area contributed by atoms with Crippen molar-refractivity contribution in [1.29, 1.82) is 0 Å². The van der Waals surface area contributed by atoms with Crippen LogP contribution in [0.5, 0.6) is 0 Å². The van der Waals surface area contributed by atoms with Crippen molar-refractivity contribution in [2.24, 2.45) is 5.41 Å². The van der Waals surface area contributed by atoms with Crippen LogP contribution >= 0.6 is 0 Å². The number of rotatable bonds is 4. The Bertz CT molecular complexity index is 1270. The van der Waals surface area contributed by atoms with Crippen LogP contribution in [0.25, 0.3) is 22.4 Å². The molecule has 0 spiro atoms. The first-order chi connectivity index (χ1) is 15.9. The normalized spacial score (nSPS) is 18.8. The van der Waals surface area contributed by atoms with Gasteiger partial charge in [0.1, 0.15) is 0 Å². The molecule has 33 heavy (non-hydrogen) atoms. The molecule has 1 fully saturated rings. The van der Waals surface area contributed by atoms with E-state index in [1.165, 1.54) is 23.1 Å². The highest BCUT2D eigenvalue weighted by molar-refractivity contribution is 5.99. The monoisotopic (exact) mass is 445 g/mol. The Hall–Kier alpha value is -3.09. The van der Waals surface area contributed by atoms with Crippen LogP contribution in [0, 0.1) is 11.4 Å². The average Bonchev–Trinajstić information content (AvgIpc) is 3.57. The number of pyridine rings is 2. The van der Waals surface area contributed by atoms with Gasteiger partial charge in [-0.15, -0.1) is 0 Å². The van der Waals surface area contributed by atoms with Crippen molar-refractivity contribution in [2.45, 2.75) is 65.0 Å². The molecule has 0 N–H and O–H groups in total. The van der Waals surface area contributed by atoms with E-state index in [2.05, 4.69) is 23.1 Å². The Kier molecular flexibility index (Phi) is 4.64. The molecule has 0 atom stereocenters. The van der Waals surface area contributed by atoms with E-state index in [0.717, 1.165) is 54.6 Å². The lowest BCUT2D eigenvalue weighted by molar-refractivity contribution is 0.0816. The van der Waals surface area contributed by atoms with E-state index in [9.17, 15) is 4.79 Å². The third kappa shape index (κ3) is 3.36. The molecule has 0 radical (unpaired) electrons. The highest BCUT2D eigenvalue weighted by Crippen LogP contribution is 2.41. The minimum Gasteiger partial charge on any atom is -0.336 e. The molecule has 0 bridgehead atoms. The molecule has 1 saturated carbocycles. The Morgan fingerprint density at radius 3 is 2.67 bits per heavy atom. The highest BCUT2D eigenvalue weighted by Gasteiger charge is 2.32. The molecule has 2 aliphatic carbocycles. The van der Waals surface area contributed by atoms with Crippen LogP contribution in [0.15, 0.2) is 24.5 Å². The summed E-state index contributed by atoms with van der Waals surface area (Å²) in [5, 5.41) is 4.45. The van der Waals surface area contributed by atoms with Crippen LogP contribution in [-0.2, 0) is 25.9 Å². The van der Waals surface area contributed by atoms with Crippen molar-refractivity contribution in [2.75, 3.05) is 7.05 Å². The maximum absolute atomic E-state index is 15.7. The quantitative estimate of drug-likeness (QED) is 0.579. The zero-order valence-electron chi connectivity index (χ0n) is 19.2. The van der Waals surface area contributed by atoms with Crippen molar-refractivity contribution in [3.05, 3.63) is 53.0 Å². The van der Waals surface area contributed by atoms with E-state index in [1.54, 1.807) is 24.3 Å². The topological polar surface area (TPSA) is 63.9 Å². The van der Waals surface area contributed by atoms with Crippen molar-refractivity contribution < 1.29 is 9.18 Å². The molecular formula is C26H28FN5O. The highest BCUT2D eigenvalue weighted by atomic mass is 19.1.